The fraction of sp³-hybridized carbons (Fsp3) is 0.899. The van der Waals surface area contributed by atoms with Gasteiger partial charge in [0.2, 0.25) is 17.7 Å². The number of hydrogen-bond acceptors (Lipinski definition) is 20. The van der Waals surface area contributed by atoms with Crippen LogP contribution in [0, 0.1) is 5.92 Å². The second-order valence-corrected chi connectivity index (χ2v) is 34.4. The van der Waals surface area contributed by atoms with E-state index in [1.165, 1.54) is 141 Å². The zero-order valence-electron chi connectivity index (χ0n) is 75.2. The number of amides is 3. The summed E-state index contributed by atoms with van der Waals surface area (Å²) in [4.78, 5) is 93.3. The van der Waals surface area contributed by atoms with Gasteiger partial charge in [0.1, 0.15) is 24.4 Å². The SMILES string of the molecule is CCCCCC/C=C\CCCC(=O)OC(CCCCCCC)CCOCC(COP(=O)([O-])OCCNC(=O)C(CCCCN)C(=O)NCCOP(=O)([O-])OCC(COCCC(CCCCCCC)OC(=O)CCC/C=C\CCCCCC)NC(O)CCCCCCCCCCCCC)NC(=O)CCCCCCCCCCCCC.[Na+].[Na+]. The molecule has 0 aromatic heterocycles. The van der Waals surface area contributed by atoms with E-state index in [1.807, 2.05) is 0 Å². The number of aliphatic hydroxyl groups is 1. The second kappa shape index (κ2) is 88.7. The summed E-state index contributed by atoms with van der Waals surface area (Å²) in [7, 11) is -10.0. The standard InChI is InChI=1S/C89H173N5O18P2.2Na/c1-7-13-19-25-29-33-35-39-41-47-53-62-84(95)93-79(75-105-71-66-81(59-51-45-23-17-11-5)111-86(97)64-55-49-43-37-31-27-21-15-9-3)77-109-113(101,102)107-73-69-91-88(99)83(61-57-58-68-90)89(100)92-70-74-108-114(103,104)110-78-80(94-85(96)63-54-48-42-40-36-34-30-26-20-14-8-2)76-106-72-67-82(60-52-46-24-18-12-6)112-87(98)65-56-50-44-38-32-28-22-16-10-4;;/h37-38,43-44,79-84,93,95H,7-36,39-42,45-78,90H2,1-6H3,(H,91,99)(H,92,100)(H,94,96)(H,101,102)(H,103,104);;/q;2*+1/p-2/b43-37-,44-38-;;. The average molecular weight is 1710 g/mol. The molecule has 0 heterocycles. The molecule has 23 nitrogen and oxygen atoms in total. The van der Waals surface area contributed by atoms with E-state index in [4.69, 9.17) is 42.8 Å². The summed E-state index contributed by atoms with van der Waals surface area (Å²) in [5, 5.41) is 22.3. The summed E-state index contributed by atoms with van der Waals surface area (Å²) in [6.45, 7) is 11.1. The van der Waals surface area contributed by atoms with E-state index < -0.39 is 78.1 Å². The number of aliphatic hydroxyl groups excluding tert-OH is 1. The molecule has 7 N–H and O–H groups in total. The Hall–Kier alpha value is -1.15. The van der Waals surface area contributed by atoms with E-state index in [-0.39, 0.29) is 142 Å². The summed E-state index contributed by atoms with van der Waals surface area (Å²) < 4.78 is 71.7. The minimum atomic E-state index is -5.04. The summed E-state index contributed by atoms with van der Waals surface area (Å²) >= 11 is 0. The quantitative estimate of drug-likeness (QED) is 0.00626. The minimum absolute atomic E-state index is 0. The first kappa shape index (κ1) is 119. The summed E-state index contributed by atoms with van der Waals surface area (Å²) in [5.74, 6) is -3.49. The van der Waals surface area contributed by atoms with Crippen molar-refractivity contribution in [2.75, 3.05) is 72.5 Å². The molecular weight excluding hydrogens is 1530 g/mol. The summed E-state index contributed by atoms with van der Waals surface area (Å²) in [6.07, 6.45) is 62.0. The molecule has 0 saturated heterocycles. The number of rotatable bonds is 89. The first-order valence-corrected chi connectivity index (χ1v) is 49.3. The average Bonchev–Trinajstić information content (AvgIpc) is 0.894. The Balaban J connectivity index is -0.0000638. The van der Waals surface area contributed by atoms with Crippen molar-refractivity contribution >= 4 is 45.3 Å². The molecule has 27 heteroatoms. The van der Waals surface area contributed by atoms with Gasteiger partial charge >= 0.3 is 71.1 Å². The monoisotopic (exact) mass is 1710 g/mol. The number of esters is 2. The minimum Gasteiger partial charge on any atom is -0.756 e. The number of nitrogens with one attached hydrogen (secondary N) is 4. The van der Waals surface area contributed by atoms with Crippen molar-refractivity contribution in [2.24, 2.45) is 11.7 Å². The van der Waals surface area contributed by atoms with Gasteiger partial charge in [-0.1, -0.05) is 291 Å². The number of unbranched alkanes of at least 4 members (excludes halogenated alkanes) is 39. The number of phosphoric acid groups is 2. The third-order valence-corrected chi connectivity index (χ3v) is 22.5. The molecule has 116 heavy (non-hydrogen) atoms. The molecule has 0 bridgehead atoms. The van der Waals surface area contributed by atoms with Crippen LogP contribution in [-0.2, 0) is 70.1 Å². The fourth-order valence-electron chi connectivity index (χ4n) is 13.5. The molecule has 8 atom stereocenters. The van der Waals surface area contributed by atoms with Crippen LogP contribution in [0.5, 0.6) is 0 Å². The van der Waals surface area contributed by atoms with Crippen molar-refractivity contribution in [3.63, 3.8) is 0 Å². The van der Waals surface area contributed by atoms with Crippen LogP contribution in [0.4, 0.5) is 0 Å². The maximum Gasteiger partial charge on any atom is 1.00 e. The Morgan fingerprint density at radius 3 is 1.09 bits per heavy atom. The molecule has 0 fully saturated rings. The van der Waals surface area contributed by atoms with Gasteiger partial charge in [-0.3, -0.25) is 38.4 Å². The Kier molecular flexibility index (Phi) is 91.0. The molecule has 0 rings (SSSR count). The number of allylic oxidation sites excluding steroid dienone is 4. The van der Waals surface area contributed by atoms with E-state index in [0.717, 1.165) is 135 Å². The molecular formula is C89H171N5Na2O18P2. The number of hydrogen-bond donors (Lipinski definition) is 6. The van der Waals surface area contributed by atoms with E-state index in [9.17, 15) is 48.0 Å². The summed E-state index contributed by atoms with van der Waals surface area (Å²) in [6, 6.07) is -1.67. The molecule has 0 saturated carbocycles. The largest absolute Gasteiger partial charge is 1.00 e. The first-order valence-electron chi connectivity index (χ1n) is 46.4. The maximum atomic E-state index is 13.6. The van der Waals surface area contributed by atoms with Crippen molar-refractivity contribution in [3.8, 4) is 0 Å². The third-order valence-electron chi connectivity index (χ3n) is 20.6. The zero-order valence-corrected chi connectivity index (χ0v) is 81.0. The fourth-order valence-corrected chi connectivity index (χ4v) is 15.0. The van der Waals surface area contributed by atoms with Crippen molar-refractivity contribution < 1.29 is 144 Å². The Labute approximate surface area is 751 Å². The molecule has 0 aliphatic rings. The molecule has 0 radical (unpaired) electrons. The van der Waals surface area contributed by atoms with Gasteiger partial charge in [0, 0.05) is 45.2 Å². The summed E-state index contributed by atoms with van der Waals surface area (Å²) in [5.41, 5.74) is 5.76. The zero-order chi connectivity index (χ0) is 83.7. The maximum absolute atomic E-state index is 13.6. The van der Waals surface area contributed by atoms with Gasteiger partial charge in [-0.2, -0.15) is 0 Å². The van der Waals surface area contributed by atoms with Crippen LogP contribution in [0.2, 0.25) is 0 Å². The molecule has 672 valence electrons. The van der Waals surface area contributed by atoms with Crippen molar-refractivity contribution in [1.29, 1.82) is 0 Å². The van der Waals surface area contributed by atoms with Crippen LogP contribution in [-0.4, -0.2) is 138 Å². The number of ether oxygens (including phenoxy) is 4. The molecule has 0 aromatic rings. The van der Waals surface area contributed by atoms with E-state index >= 15 is 0 Å². The Morgan fingerprint density at radius 2 is 0.698 bits per heavy atom. The van der Waals surface area contributed by atoms with Crippen LogP contribution >= 0.6 is 15.6 Å². The van der Waals surface area contributed by atoms with Crippen LogP contribution in [0.25, 0.3) is 0 Å². The van der Waals surface area contributed by atoms with Gasteiger partial charge in [-0.25, -0.2) is 0 Å². The van der Waals surface area contributed by atoms with Crippen molar-refractivity contribution in [3.05, 3.63) is 24.3 Å². The molecule has 3 amide bonds. The Morgan fingerprint density at radius 1 is 0.371 bits per heavy atom. The van der Waals surface area contributed by atoms with Crippen LogP contribution < -0.4 is 95.9 Å². The third kappa shape index (κ3) is 81.2. The molecule has 0 spiro atoms. The van der Waals surface area contributed by atoms with Gasteiger partial charge in [0.15, 0.2) is 0 Å². The van der Waals surface area contributed by atoms with E-state index in [2.05, 4.69) is 87.1 Å². The predicted octanol–water partition coefficient (Wildman–Crippen LogP) is 13.9. The van der Waals surface area contributed by atoms with Gasteiger partial charge in [-0.05, 0) is 116 Å². The van der Waals surface area contributed by atoms with Crippen LogP contribution in [0.15, 0.2) is 24.3 Å². The normalized spacial score (nSPS) is 14.3. The molecule has 0 aromatic carbocycles. The molecule has 0 aliphatic carbocycles. The van der Waals surface area contributed by atoms with Gasteiger partial charge in [0.25, 0.3) is 15.6 Å². The van der Waals surface area contributed by atoms with E-state index in [1.54, 1.807) is 0 Å². The second-order valence-electron chi connectivity index (χ2n) is 31.6. The van der Waals surface area contributed by atoms with Gasteiger partial charge < -0.3 is 73.6 Å². The Bertz CT molecular complexity index is 2400. The van der Waals surface area contributed by atoms with Crippen molar-refractivity contribution in [2.45, 2.75) is 438 Å². The smallest absolute Gasteiger partial charge is 0.756 e. The van der Waals surface area contributed by atoms with Gasteiger partial charge in [-0.15, -0.1) is 0 Å². The number of carbonyl (C=O) groups is 5. The van der Waals surface area contributed by atoms with Crippen LogP contribution in [0.1, 0.15) is 408 Å². The number of phosphoric ester groups is 2. The number of carbonyl (C=O) groups excluding carboxylic acids is 5. The van der Waals surface area contributed by atoms with Crippen LogP contribution in [0.3, 0.4) is 0 Å². The topological polar surface area (TPSA) is 334 Å². The molecule has 8 unspecified atom stereocenters. The molecule has 0 aliphatic heterocycles. The van der Waals surface area contributed by atoms with Gasteiger partial charge in [0.05, 0.1) is 64.9 Å². The first-order chi connectivity index (χ1) is 55.4. The van der Waals surface area contributed by atoms with E-state index in [0.29, 0.717) is 83.6 Å². The predicted molar refractivity (Wildman–Crippen MR) is 459 cm³/mol. The van der Waals surface area contributed by atoms with Crippen molar-refractivity contribution in [1.82, 2.24) is 21.3 Å². The number of nitrogens with two attached hydrogens (primary N) is 1.